The molecule has 1 aliphatic carbocycles. The van der Waals surface area contributed by atoms with Gasteiger partial charge in [-0.05, 0) is 118 Å². The average molecular weight is 921 g/mol. The highest BCUT2D eigenvalue weighted by atomic mass is 16.5. The summed E-state index contributed by atoms with van der Waals surface area (Å²) < 4.78 is 19.8. The third kappa shape index (κ3) is 6.61. The molecule has 0 radical (unpaired) electrons. The zero-order valence-electron chi connectivity index (χ0n) is 36.0. The van der Waals surface area contributed by atoms with Crippen LogP contribution in [-0.4, -0.2) is 51.1 Å². The maximum Gasteiger partial charge on any atom is 0.176 e. The fourth-order valence-electron chi connectivity index (χ4n) is 11.0. The predicted molar refractivity (Wildman–Crippen MR) is 251 cm³/mol. The summed E-state index contributed by atoms with van der Waals surface area (Å²) in [5.74, 6) is -3.43. The maximum absolute atomic E-state index is 12.2. The first kappa shape index (κ1) is 41.3. The quantitative estimate of drug-likeness (QED) is 0.0748. The van der Waals surface area contributed by atoms with E-state index in [1.807, 2.05) is 0 Å². The van der Waals surface area contributed by atoms with Gasteiger partial charge in [-0.3, -0.25) is 0 Å². The van der Waals surface area contributed by atoms with E-state index in [1.54, 1.807) is 66.7 Å². The molecule has 69 heavy (non-hydrogen) atoms. The lowest BCUT2D eigenvalue weighted by Gasteiger charge is -2.31. The first-order valence-corrected chi connectivity index (χ1v) is 22.1. The molecule has 10 N–H and O–H groups in total. The molecular formula is C56H40O13. The van der Waals surface area contributed by atoms with Gasteiger partial charge in [-0.1, -0.05) is 36.4 Å². The number of furan rings is 1. The molecule has 0 spiro atoms. The molecular weight excluding hydrogens is 881 g/mol. The predicted octanol–water partition coefficient (Wildman–Crippen LogP) is 11.0. The Hall–Kier alpha value is -9.10. The van der Waals surface area contributed by atoms with Gasteiger partial charge < -0.3 is 65.0 Å². The standard InChI is InChI=1S/C56H40O13/c57-30-8-1-25(2-9-30)47-49(38-20-36(63)22-45-51(38)53(39-19-35(62)21-42(65)50(39)47)55(68-45)27-5-12-32(59)13-6-27)37-17-28(7-14-41(37)64)44-23-40-52-46(24-43(66)56(40)67-44)69-54(26-3-10-31(58)11-4-26)48(52)29-15-33(60)18-34(61)16-29/h1-24,47-49,53-55,57-66H. The molecule has 6 atom stereocenters. The van der Waals surface area contributed by atoms with Crippen LogP contribution >= 0.6 is 0 Å². The van der Waals surface area contributed by atoms with E-state index in [-0.39, 0.29) is 68.8 Å². The Morgan fingerprint density at radius 2 is 0.855 bits per heavy atom. The number of hydrogen-bond acceptors (Lipinski definition) is 13. The molecule has 13 heteroatoms. The summed E-state index contributed by atoms with van der Waals surface area (Å²) in [5.41, 5.74) is 6.03. The molecule has 0 bridgehead atoms. The molecule has 6 unspecified atom stereocenters. The Bertz CT molecular complexity index is 3520. The van der Waals surface area contributed by atoms with Crippen LogP contribution in [0.1, 0.15) is 91.5 Å². The number of fused-ring (bicyclic) bond motifs is 5. The number of phenolic OH excluding ortho intramolecular Hbond substituents is 10. The number of aromatic hydroxyl groups is 10. The Labute approximate surface area is 392 Å². The van der Waals surface area contributed by atoms with Crippen molar-refractivity contribution in [2.75, 3.05) is 0 Å². The first-order valence-electron chi connectivity index (χ1n) is 22.1. The number of ether oxygens (including phenoxy) is 2. The molecule has 13 nitrogen and oxygen atoms in total. The van der Waals surface area contributed by atoms with Gasteiger partial charge in [0.05, 0.1) is 11.8 Å². The Balaban J connectivity index is 1.08. The van der Waals surface area contributed by atoms with E-state index in [9.17, 15) is 51.1 Å². The van der Waals surface area contributed by atoms with E-state index in [2.05, 4.69) is 0 Å². The molecule has 0 fully saturated rings. The van der Waals surface area contributed by atoms with Crippen LogP contribution in [-0.2, 0) is 0 Å². The first-order chi connectivity index (χ1) is 33.3. The molecule has 1 aromatic heterocycles. The van der Waals surface area contributed by atoms with Gasteiger partial charge in [0.2, 0.25) is 0 Å². The van der Waals surface area contributed by atoms with Gasteiger partial charge in [-0.15, -0.1) is 0 Å². The van der Waals surface area contributed by atoms with Crippen molar-refractivity contribution in [1.82, 2.24) is 0 Å². The Kier molecular flexibility index (Phi) is 9.12. The van der Waals surface area contributed by atoms with Crippen LogP contribution in [0.2, 0.25) is 0 Å². The normalized spacial score (nSPS) is 19.8. The highest BCUT2D eigenvalue weighted by Gasteiger charge is 2.48. The van der Waals surface area contributed by atoms with E-state index in [1.165, 1.54) is 78.9 Å². The second-order valence-corrected chi connectivity index (χ2v) is 17.9. The van der Waals surface area contributed by atoms with Gasteiger partial charge in [0.15, 0.2) is 11.3 Å². The van der Waals surface area contributed by atoms with Gasteiger partial charge in [-0.25, -0.2) is 0 Å². The lowest BCUT2D eigenvalue weighted by Crippen LogP contribution is -2.16. The molecule has 9 aromatic rings. The number of rotatable bonds is 6. The Morgan fingerprint density at radius 3 is 1.48 bits per heavy atom. The van der Waals surface area contributed by atoms with Crippen molar-refractivity contribution in [3.8, 4) is 80.3 Å². The minimum Gasteiger partial charge on any atom is -0.508 e. The molecule has 3 aliphatic rings. The van der Waals surface area contributed by atoms with E-state index in [4.69, 9.17) is 13.9 Å². The number of hydrogen-bond donors (Lipinski definition) is 10. The van der Waals surface area contributed by atoms with Crippen LogP contribution < -0.4 is 9.47 Å². The largest absolute Gasteiger partial charge is 0.508 e. The van der Waals surface area contributed by atoms with E-state index < -0.39 is 35.9 Å². The molecule has 8 aromatic carbocycles. The van der Waals surface area contributed by atoms with Crippen molar-refractivity contribution in [1.29, 1.82) is 0 Å². The van der Waals surface area contributed by atoms with Crippen molar-refractivity contribution >= 4 is 11.0 Å². The van der Waals surface area contributed by atoms with Crippen LogP contribution in [0.3, 0.4) is 0 Å². The number of phenols is 10. The average Bonchev–Trinajstić information content (AvgIpc) is 4.02. The van der Waals surface area contributed by atoms with E-state index in [0.29, 0.717) is 78.1 Å². The zero-order chi connectivity index (χ0) is 47.6. The van der Waals surface area contributed by atoms with Crippen molar-refractivity contribution in [2.45, 2.75) is 35.9 Å². The van der Waals surface area contributed by atoms with Gasteiger partial charge in [0.25, 0.3) is 0 Å². The van der Waals surface area contributed by atoms with E-state index >= 15 is 0 Å². The second kappa shape index (κ2) is 15.2. The van der Waals surface area contributed by atoms with Crippen molar-refractivity contribution < 1.29 is 65.0 Å². The fourth-order valence-corrected chi connectivity index (χ4v) is 11.0. The molecule has 12 rings (SSSR count). The van der Waals surface area contributed by atoms with Gasteiger partial charge >= 0.3 is 0 Å². The van der Waals surface area contributed by atoms with Crippen molar-refractivity contribution in [3.63, 3.8) is 0 Å². The third-order valence-electron chi connectivity index (χ3n) is 13.8. The van der Waals surface area contributed by atoms with Crippen LogP contribution in [0.5, 0.6) is 69.0 Å². The summed E-state index contributed by atoms with van der Waals surface area (Å²) in [6, 6.07) is 37.8. The van der Waals surface area contributed by atoms with Crippen LogP contribution in [0.25, 0.3) is 22.3 Å². The molecule has 342 valence electrons. The van der Waals surface area contributed by atoms with Crippen LogP contribution in [0, 0.1) is 0 Å². The summed E-state index contributed by atoms with van der Waals surface area (Å²) in [5, 5.41) is 111. The van der Waals surface area contributed by atoms with Crippen LogP contribution in [0.15, 0.2) is 150 Å². The molecule has 0 saturated carbocycles. The van der Waals surface area contributed by atoms with Gasteiger partial charge in [0.1, 0.15) is 81.2 Å². The highest BCUT2D eigenvalue weighted by molar-refractivity contribution is 5.94. The summed E-state index contributed by atoms with van der Waals surface area (Å²) in [7, 11) is 0. The maximum atomic E-state index is 12.2. The highest BCUT2D eigenvalue weighted by Crippen LogP contribution is 2.63. The summed E-state index contributed by atoms with van der Waals surface area (Å²) in [4.78, 5) is 0. The van der Waals surface area contributed by atoms with Crippen molar-refractivity contribution in [2.24, 2.45) is 0 Å². The van der Waals surface area contributed by atoms with Gasteiger partial charge in [0, 0.05) is 69.3 Å². The lowest BCUT2D eigenvalue weighted by molar-refractivity contribution is 0.221. The summed E-state index contributed by atoms with van der Waals surface area (Å²) in [6.07, 6.45) is -1.50. The monoisotopic (exact) mass is 920 g/mol. The summed E-state index contributed by atoms with van der Waals surface area (Å²) in [6.45, 7) is 0. The van der Waals surface area contributed by atoms with Crippen LogP contribution in [0.4, 0.5) is 0 Å². The molecule has 3 heterocycles. The van der Waals surface area contributed by atoms with E-state index in [0.717, 1.165) is 0 Å². The van der Waals surface area contributed by atoms with Gasteiger partial charge in [-0.2, -0.15) is 0 Å². The molecule has 0 amide bonds. The zero-order valence-corrected chi connectivity index (χ0v) is 36.0. The third-order valence-corrected chi connectivity index (χ3v) is 13.8. The SMILES string of the molecule is Oc1ccc(C2Oc3cc(O)cc4c3C2c2cc(O)cc(O)c2C(c2ccc(O)cc2)C4c2cc(-c3cc4c5c(cc(O)c4o3)OC(c3ccc(O)cc3)C5c3cc(O)cc(O)c3)ccc2O)cc1. The topological polar surface area (TPSA) is 234 Å². The fraction of sp³-hybridized carbons (Fsp3) is 0.107. The molecule has 0 saturated heterocycles. The Morgan fingerprint density at radius 1 is 0.319 bits per heavy atom. The minimum absolute atomic E-state index is 0.00782. The minimum atomic E-state index is -0.916. The number of benzene rings is 8. The second-order valence-electron chi connectivity index (χ2n) is 17.9. The summed E-state index contributed by atoms with van der Waals surface area (Å²) >= 11 is 0. The van der Waals surface area contributed by atoms with Crippen molar-refractivity contribution in [3.05, 3.63) is 201 Å². The molecule has 2 aliphatic heterocycles. The smallest absolute Gasteiger partial charge is 0.176 e. The lowest BCUT2D eigenvalue weighted by atomic mass is 9.72.